The minimum Gasteiger partial charge on any atom is -0.395 e. The number of nitrogens with two attached hydrogens (primary N) is 1. The van der Waals surface area contributed by atoms with Gasteiger partial charge in [-0.05, 0) is 18.6 Å². The molecule has 4 N–H and O–H groups in total. The van der Waals surface area contributed by atoms with E-state index in [0.29, 0.717) is 19.6 Å². The Morgan fingerprint density at radius 1 is 1.33 bits per heavy atom. The van der Waals surface area contributed by atoms with Gasteiger partial charge in [-0.3, -0.25) is 9.69 Å². The fraction of sp³-hybridized carbons (Fsp3) is 0.316. The molecule has 3 aromatic rings. The zero-order valence-electron chi connectivity index (χ0n) is 15.3. The van der Waals surface area contributed by atoms with Gasteiger partial charge in [-0.15, -0.1) is 0 Å². The van der Waals surface area contributed by atoms with E-state index in [-0.39, 0.29) is 13.2 Å². The third-order valence-electron chi connectivity index (χ3n) is 4.23. The molecule has 27 heavy (non-hydrogen) atoms. The maximum atomic E-state index is 11.1. The molecule has 2 heterocycles. The van der Waals surface area contributed by atoms with Gasteiger partial charge in [0.1, 0.15) is 5.82 Å². The van der Waals surface area contributed by atoms with Crippen LogP contribution in [0.15, 0.2) is 42.7 Å². The smallest absolute Gasteiger partial charge is 0.231 e. The average molecular weight is 368 g/mol. The Hall–Kier alpha value is -2.97. The number of amides is 1. The van der Waals surface area contributed by atoms with Gasteiger partial charge in [0.05, 0.1) is 19.3 Å². The van der Waals surface area contributed by atoms with Gasteiger partial charge in [0.15, 0.2) is 5.65 Å². The predicted molar refractivity (Wildman–Crippen MR) is 104 cm³/mol. The molecule has 0 radical (unpaired) electrons. The zero-order chi connectivity index (χ0) is 19.2. The van der Waals surface area contributed by atoms with E-state index in [1.165, 1.54) is 5.56 Å². The van der Waals surface area contributed by atoms with Crippen LogP contribution in [0.3, 0.4) is 0 Å². The van der Waals surface area contributed by atoms with Crippen LogP contribution >= 0.6 is 0 Å². The maximum Gasteiger partial charge on any atom is 0.231 e. The van der Waals surface area contributed by atoms with Crippen molar-refractivity contribution in [2.24, 2.45) is 5.73 Å². The predicted octanol–water partition coefficient (Wildman–Crippen LogP) is 0.896. The van der Waals surface area contributed by atoms with Gasteiger partial charge in [0.2, 0.25) is 5.91 Å². The van der Waals surface area contributed by atoms with E-state index >= 15 is 0 Å². The first kappa shape index (κ1) is 18.8. The van der Waals surface area contributed by atoms with Crippen molar-refractivity contribution in [3.05, 3.63) is 48.3 Å². The highest BCUT2D eigenvalue weighted by atomic mass is 16.3. The van der Waals surface area contributed by atoms with E-state index in [1.54, 1.807) is 9.42 Å². The molecule has 2 aromatic heterocycles. The van der Waals surface area contributed by atoms with Gasteiger partial charge in [-0.2, -0.15) is 5.10 Å². The molecule has 8 heteroatoms. The molecule has 8 nitrogen and oxygen atoms in total. The van der Waals surface area contributed by atoms with Crippen LogP contribution in [0.4, 0.5) is 5.82 Å². The van der Waals surface area contributed by atoms with Crippen molar-refractivity contribution in [1.29, 1.82) is 0 Å². The number of carbonyl (C=O) groups excluding carboxylic acids is 1. The summed E-state index contributed by atoms with van der Waals surface area (Å²) in [6, 6.07) is 10.1. The van der Waals surface area contributed by atoms with Gasteiger partial charge >= 0.3 is 0 Å². The van der Waals surface area contributed by atoms with Crippen LogP contribution < -0.4 is 11.1 Å². The minimum atomic E-state index is -0.412. The van der Waals surface area contributed by atoms with E-state index in [4.69, 9.17) is 10.8 Å². The number of rotatable bonds is 9. The molecule has 0 atom stereocenters. The van der Waals surface area contributed by atoms with Crippen molar-refractivity contribution in [2.45, 2.75) is 6.92 Å². The van der Waals surface area contributed by atoms with Gasteiger partial charge in [0, 0.05) is 31.4 Å². The van der Waals surface area contributed by atoms with E-state index in [2.05, 4.69) is 34.5 Å². The molecule has 0 fully saturated rings. The summed E-state index contributed by atoms with van der Waals surface area (Å²) in [5, 5.41) is 16.7. The van der Waals surface area contributed by atoms with Crippen LogP contribution in [-0.4, -0.2) is 63.3 Å². The minimum absolute atomic E-state index is 0.0207. The molecule has 0 spiro atoms. The average Bonchev–Trinajstić information content (AvgIpc) is 3.04. The Bertz CT molecular complexity index is 923. The highest BCUT2D eigenvalue weighted by Crippen LogP contribution is 2.24. The highest BCUT2D eigenvalue weighted by Gasteiger charge is 2.10. The van der Waals surface area contributed by atoms with Crippen molar-refractivity contribution >= 4 is 17.4 Å². The topological polar surface area (TPSA) is 109 Å². The number of primary amides is 1. The number of aryl methyl sites for hydroxylation is 1. The van der Waals surface area contributed by atoms with Crippen LogP contribution in [0.5, 0.6) is 0 Å². The lowest BCUT2D eigenvalue weighted by Gasteiger charge is -2.19. The summed E-state index contributed by atoms with van der Waals surface area (Å²) in [6.07, 6.45) is 3.68. The van der Waals surface area contributed by atoms with Crippen molar-refractivity contribution in [3.63, 3.8) is 0 Å². The Labute approximate surface area is 157 Å². The van der Waals surface area contributed by atoms with Crippen LogP contribution in [0.25, 0.3) is 16.8 Å². The van der Waals surface area contributed by atoms with Crippen LogP contribution in [0.2, 0.25) is 0 Å². The molecule has 0 aliphatic rings. The summed E-state index contributed by atoms with van der Waals surface area (Å²) in [6.45, 7) is 3.70. The highest BCUT2D eigenvalue weighted by molar-refractivity contribution is 5.78. The maximum absolute atomic E-state index is 11.1. The second-order valence-electron chi connectivity index (χ2n) is 6.40. The largest absolute Gasteiger partial charge is 0.395 e. The lowest BCUT2D eigenvalue weighted by atomic mass is 10.1. The third-order valence-corrected chi connectivity index (χ3v) is 4.23. The van der Waals surface area contributed by atoms with Crippen molar-refractivity contribution in [2.75, 3.05) is 38.1 Å². The summed E-state index contributed by atoms with van der Waals surface area (Å²) >= 11 is 0. The number of nitrogens with one attached hydrogen (secondary N) is 1. The summed E-state index contributed by atoms with van der Waals surface area (Å²) in [7, 11) is 0. The van der Waals surface area contributed by atoms with E-state index in [1.807, 2.05) is 30.6 Å². The van der Waals surface area contributed by atoms with Crippen molar-refractivity contribution in [1.82, 2.24) is 19.5 Å². The van der Waals surface area contributed by atoms with Crippen molar-refractivity contribution in [3.8, 4) is 11.1 Å². The summed E-state index contributed by atoms with van der Waals surface area (Å²) in [5.74, 6) is 0.310. The molecule has 1 aromatic carbocycles. The molecule has 0 unspecified atom stereocenters. The Kier molecular flexibility index (Phi) is 6.00. The second kappa shape index (κ2) is 8.61. The van der Waals surface area contributed by atoms with Gasteiger partial charge in [-0.25, -0.2) is 9.50 Å². The number of benzene rings is 1. The SMILES string of the molecule is Cc1cccc(-c2cnn3ccc(NCCN(CCO)CC(N)=O)nc23)c1. The first-order valence-corrected chi connectivity index (χ1v) is 8.83. The van der Waals surface area contributed by atoms with Crippen LogP contribution in [0, 0.1) is 6.92 Å². The standard InChI is InChI=1S/C19H24N6O2/c1-14-3-2-4-15(11-14)16-12-22-25-7-5-18(23-19(16)25)21-6-8-24(9-10-26)13-17(20)27/h2-5,7,11-12,26H,6,8-10,13H2,1H3,(H2,20,27)(H,21,23). The lowest BCUT2D eigenvalue weighted by Crippen LogP contribution is -2.38. The zero-order valence-corrected chi connectivity index (χ0v) is 15.3. The number of aliphatic hydroxyl groups is 1. The monoisotopic (exact) mass is 368 g/mol. The lowest BCUT2D eigenvalue weighted by molar-refractivity contribution is -0.119. The van der Waals surface area contributed by atoms with E-state index in [9.17, 15) is 4.79 Å². The number of fused-ring (bicyclic) bond motifs is 1. The van der Waals surface area contributed by atoms with E-state index in [0.717, 1.165) is 22.6 Å². The molecule has 0 aliphatic carbocycles. The first-order chi connectivity index (χ1) is 13.1. The second-order valence-corrected chi connectivity index (χ2v) is 6.40. The number of aliphatic hydroxyl groups excluding tert-OH is 1. The molecule has 3 rings (SSSR count). The first-order valence-electron chi connectivity index (χ1n) is 8.83. The quantitative estimate of drug-likeness (QED) is 0.518. The molecular formula is C19H24N6O2. The third kappa shape index (κ3) is 4.81. The number of nitrogens with zero attached hydrogens (tertiary/aromatic N) is 4. The number of aromatic nitrogens is 3. The number of anilines is 1. The normalized spacial score (nSPS) is 11.2. The van der Waals surface area contributed by atoms with Crippen molar-refractivity contribution < 1.29 is 9.90 Å². The molecular weight excluding hydrogens is 344 g/mol. The Morgan fingerprint density at radius 2 is 2.19 bits per heavy atom. The summed E-state index contributed by atoms with van der Waals surface area (Å²) in [4.78, 5) is 17.6. The molecule has 142 valence electrons. The number of hydrogen-bond acceptors (Lipinski definition) is 6. The van der Waals surface area contributed by atoms with Gasteiger partial charge < -0.3 is 16.2 Å². The van der Waals surface area contributed by atoms with Crippen LogP contribution in [-0.2, 0) is 4.79 Å². The molecule has 1 amide bonds. The molecule has 0 saturated heterocycles. The van der Waals surface area contributed by atoms with Crippen LogP contribution in [0.1, 0.15) is 5.56 Å². The number of hydrogen-bond donors (Lipinski definition) is 3. The fourth-order valence-electron chi connectivity index (χ4n) is 2.96. The Morgan fingerprint density at radius 3 is 2.93 bits per heavy atom. The fourth-order valence-corrected chi connectivity index (χ4v) is 2.96. The van der Waals surface area contributed by atoms with Gasteiger partial charge in [-0.1, -0.05) is 29.8 Å². The Balaban J connectivity index is 1.72. The molecule has 0 aliphatic heterocycles. The van der Waals surface area contributed by atoms with E-state index < -0.39 is 5.91 Å². The number of carbonyl (C=O) groups is 1. The summed E-state index contributed by atoms with van der Waals surface area (Å²) < 4.78 is 1.74. The van der Waals surface area contributed by atoms with Gasteiger partial charge in [0.25, 0.3) is 0 Å². The summed E-state index contributed by atoms with van der Waals surface area (Å²) in [5.41, 5.74) is 9.23. The molecule has 0 bridgehead atoms. The molecule has 0 saturated carbocycles.